The van der Waals surface area contributed by atoms with Gasteiger partial charge in [0.2, 0.25) is 11.8 Å². The number of benzene rings is 1. The van der Waals surface area contributed by atoms with Crippen LogP contribution in [0.2, 0.25) is 0 Å². The number of H-pyrrole nitrogens is 1. The van der Waals surface area contributed by atoms with Crippen LogP contribution in [0.15, 0.2) is 29.7 Å². The lowest BCUT2D eigenvalue weighted by Gasteiger charge is -2.26. The van der Waals surface area contributed by atoms with Crippen molar-refractivity contribution in [2.75, 3.05) is 13.2 Å². The van der Waals surface area contributed by atoms with E-state index in [-0.39, 0.29) is 5.88 Å². The maximum Gasteiger partial charge on any atom is 0.244 e. The first kappa shape index (κ1) is 18.6. The number of aromatic amines is 1. The SMILES string of the molecule is CCCc1[nH]nc2c1[C@@H](c1cccc(OCC)c1OCC)C(C#N)=C(N)O2. The van der Waals surface area contributed by atoms with Crippen LogP contribution >= 0.6 is 0 Å². The van der Waals surface area contributed by atoms with E-state index in [2.05, 4.69) is 23.2 Å². The van der Waals surface area contributed by atoms with Crippen LogP contribution in [-0.2, 0) is 6.42 Å². The molecule has 0 spiro atoms. The van der Waals surface area contributed by atoms with E-state index in [0.29, 0.717) is 36.2 Å². The van der Waals surface area contributed by atoms with Gasteiger partial charge in [0.15, 0.2) is 11.5 Å². The van der Waals surface area contributed by atoms with Crippen molar-refractivity contribution in [3.8, 4) is 23.4 Å². The molecule has 7 nitrogen and oxygen atoms in total. The molecule has 3 rings (SSSR count). The molecule has 2 heterocycles. The van der Waals surface area contributed by atoms with Gasteiger partial charge in [-0.15, -0.1) is 5.10 Å². The molecule has 7 heteroatoms. The second-order valence-corrected chi connectivity index (χ2v) is 6.14. The predicted molar refractivity (Wildman–Crippen MR) is 101 cm³/mol. The summed E-state index contributed by atoms with van der Waals surface area (Å²) in [6, 6.07) is 7.90. The molecule has 1 aromatic carbocycles. The van der Waals surface area contributed by atoms with Crippen molar-refractivity contribution in [2.45, 2.75) is 39.5 Å². The van der Waals surface area contributed by atoms with Gasteiger partial charge in [-0.1, -0.05) is 25.5 Å². The maximum absolute atomic E-state index is 9.80. The van der Waals surface area contributed by atoms with E-state index < -0.39 is 5.92 Å². The van der Waals surface area contributed by atoms with Crippen molar-refractivity contribution in [3.63, 3.8) is 0 Å². The zero-order chi connectivity index (χ0) is 19.4. The van der Waals surface area contributed by atoms with Crippen molar-refractivity contribution in [1.29, 1.82) is 5.26 Å². The van der Waals surface area contributed by atoms with Gasteiger partial charge in [-0.05, 0) is 26.3 Å². The molecule has 0 aliphatic carbocycles. The molecule has 0 radical (unpaired) electrons. The Kier molecular flexibility index (Phi) is 5.55. The number of hydrogen-bond donors (Lipinski definition) is 2. The molecule has 0 fully saturated rings. The lowest BCUT2D eigenvalue weighted by molar-refractivity contribution is 0.284. The molecule has 142 valence electrons. The summed E-state index contributed by atoms with van der Waals surface area (Å²) in [7, 11) is 0. The summed E-state index contributed by atoms with van der Waals surface area (Å²) in [5.74, 6) is 1.30. The first-order valence-corrected chi connectivity index (χ1v) is 9.19. The highest BCUT2D eigenvalue weighted by Crippen LogP contribution is 2.48. The summed E-state index contributed by atoms with van der Waals surface area (Å²) in [5, 5.41) is 17.1. The third-order valence-corrected chi connectivity index (χ3v) is 4.43. The first-order chi connectivity index (χ1) is 13.2. The number of nitrogens with one attached hydrogen (secondary N) is 1. The third-order valence-electron chi connectivity index (χ3n) is 4.43. The number of rotatable bonds is 7. The average Bonchev–Trinajstić information content (AvgIpc) is 3.05. The molecule has 0 amide bonds. The molecule has 0 unspecified atom stereocenters. The third kappa shape index (κ3) is 3.31. The summed E-state index contributed by atoms with van der Waals surface area (Å²) in [6.45, 7) is 6.91. The molecular formula is C20H24N4O3. The second kappa shape index (κ2) is 8.04. The minimum atomic E-state index is -0.430. The molecule has 1 aliphatic heterocycles. The van der Waals surface area contributed by atoms with Gasteiger partial charge in [0.1, 0.15) is 11.6 Å². The minimum absolute atomic E-state index is 0.0637. The van der Waals surface area contributed by atoms with Crippen LogP contribution in [-0.4, -0.2) is 23.4 Å². The van der Waals surface area contributed by atoms with E-state index in [4.69, 9.17) is 19.9 Å². The lowest BCUT2D eigenvalue weighted by atomic mass is 9.83. The van der Waals surface area contributed by atoms with Crippen molar-refractivity contribution < 1.29 is 14.2 Å². The summed E-state index contributed by atoms with van der Waals surface area (Å²) in [4.78, 5) is 0. The Labute approximate surface area is 158 Å². The smallest absolute Gasteiger partial charge is 0.244 e. The zero-order valence-corrected chi connectivity index (χ0v) is 15.8. The number of nitrogens with zero attached hydrogens (tertiary/aromatic N) is 2. The number of fused-ring (bicyclic) bond motifs is 1. The van der Waals surface area contributed by atoms with Crippen LogP contribution in [0.3, 0.4) is 0 Å². The van der Waals surface area contributed by atoms with E-state index in [1.165, 1.54) is 0 Å². The molecule has 0 saturated carbocycles. The fraction of sp³-hybridized carbons (Fsp3) is 0.400. The van der Waals surface area contributed by atoms with Crippen molar-refractivity contribution in [2.24, 2.45) is 5.73 Å². The molecular weight excluding hydrogens is 344 g/mol. The molecule has 27 heavy (non-hydrogen) atoms. The number of aryl methyl sites for hydroxylation is 1. The average molecular weight is 368 g/mol. The van der Waals surface area contributed by atoms with E-state index in [1.807, 2.05) is 32.0 Å². The van der Waals surface area contributed by atoms with Crippen LogP contribution in [0.1, 0.15) is 49.9 Å². The monoisotopic (exact) mass is 368 g/mol. The Bertz CT molecular complexity index is 895. The lowest BCUT2D eigenvalue weighted by Crippen LogP contribution is -2.22. The minimum Gasteiger partial charge on any atom is -0.490 e. The highest BCUT2D eigenvalue weighted by atomic mass is 16.5. The number of hydrogen-bond acceptors (Lipinski definition) is 6. The molecule has 2 aromatic rings. The number of allylic oxidation sites excluding steroid dienone is 1. The quantitative estimate of drug-likeness (QED) is 0.776. The van der Waals surface area contributed by atoms with E-state index in [9.17, 15) is 5.26 Å². The van der Waals surface area contributed by atoms with Crippen LogP contribution in [0.25, 0.3) is 0 Å². The number of para-hydroxylation sites is 1. The fourth-order valence-corrected chi connectivity index (χ4v) is 3.39. The van der Waals surface area contributed by atoms with Crippen molar-refractivity contribution >= 4 is 0 Å². The Balaban J connectivity index is 2.25. The number of nitriles is 1. The highest BCUT2D eigenvalue weighted by Gasteiger charge is 2.37. The molecule has 0 bridgehead atoms. The van der Waals surface area contributed by atoms with E-state index in [1.54, 1.807) is 0 Å². The molecule has 1 aromatic heterocycles. The molecule has 1 atom stereocenters. The summed E-state index contributed by atoms with van der Waals surface area (Å²) < 4.78 is 17.3. The van der Waals surface area contributed by atoms with Gasteiger partial charge in [0.25, 0.3) is 0 Å². The van der Waals surface area contributed by atoms with Crippen LogP contribution in [0, 0.1) is 11.3 Å². The summed E-state index contributed by atoms with van der Waals surface area (Å²) >= 11 is 0. The molecule has 1 aliphatic rings. The van der Waals surface area contributed by atoms with Gasteiger partial charge in [0, 0.05) is 11.3 Å². The van der Waals surface area contributed by atoms with Gasteiger partial charge in [0.05, 0.1) is 24.7 Å². The van der Waals surface area contributed by atoms with Gasteiger partial charge < -0.3 is 19.9 Å². The standard InChI is InChI=1S/C20H24N4O3/c1-4-8-14-17-16(13(11-21)19(22)27-20(17)24-23-14)12-9-7-10-15(25-5-2)18(12)26-6-3/h7,9-10,16H,4-6,8,22H2,1-3H3,(H,23,24)/t16-/m0/s1. The van der Waals surface area contributed by atoms with Crippen LogP contribution in [0.5, 0.6) is 17.4 Å². The number of aromatic nitrogens is 2. The van der Waals surface area contributed by atoms with Gasteiger partial charge in [-0.3, -0.25) is 5.10 Å². The Morgan fingerprint density at radius 3 is 2.70 bits per heavy atom. The van der Waals surface area contributed by atoms with Gasteiger partial charge in [-0.25, -0.2) is 0 Å². The summed E-state index contributed by atoms with van der Waals surface area (Å²) in [6.07, 6.45) is 1.72. The normalized spacial score (nSPS) is 15.7. The number of ether oxygens (including phenoxy) is 3. The van der Waals surface area contributed by atoms with Crippen LogP contribution in [0.4, 0.5) is 0 Å². The summed E-state index contributed by atoms with van der Waals surface area (Å²) in [5.41, 5.74) is 8.96. The molecule has 3 N–H and O–H groups in total. The van der Waals surface area contributed by atoms with Crippen molar-refractivity contribution in [3.05, 3.63) is 46.5 Å². The van der Waals surface area contributed by atoms with E-state index in [0.717, 1.165) is 29.7 Å². The Morgan fingerprint density at radius 1 is 1.26 bits per heavy atom. The second-order valence-electron chi connectivity index (χ2n) is 6.14. The van der Waals surface area contributed by atoms with E-state index >= 15 is 0 Å². The van der Waals surface area contributed by atoms with Gasteiger partial charge >= 0.3 is 0 Å². The Hall–Kier alpha value is -3.14. The maximum atomic E-state index is 9.80. The molecule has 0 saturated heterocycles. The zero-order valence-electron chi connectivity index (χ0n) is 15.8. The predicted octanol–water partition coefficient (Wildman–Crippen LogP) is 3.38. The Morgan fingerprint density at radius 2 is 2.04 bits per heavy atom. The van der Waals surface area contributed by atoms with Crippen LogP contribution < -0.4 is 19.9 Å². The first-order valence-electron chi connectivity index (χ1n) is 9.19. The highest BCUT2D eigenvalue weighted by molar-refractivity contribution is 5.61. The fourth-order valence-electron chi connectivity index (χ4n) is 3.39. The number of nitrogens with two attached hydrogens (primary N) is 1. The van der Waals surface area contributed by atoms with Crippen molar-refractivity contribution in [1.82, 2.24) is 10.2 Å². The van der Waals surface area contributed by atoms with Gasteiger partial charge in [-0.2, -0.15) is 5.26 Å². The largest absolute Gasteiger partial charge is 0.490 e. The topological polar surface area (TPSA) is 106 Å².